The number of primary amides is 1. The number of carbonyl (C=O) groups excluding carboxylic acids is 6. The summed E-state index contributed by atoms with van der Waals surface area (Å²) < 4.78 is 27.2. The molecule has 1 fully saturated rings. The predicted octanol–water partition coefficient (Wildman–Crippen LogP) is 5.08. The van der Waals surface area contributed by atoms with Gasteiger partial charge in [-0.05, 0) is 40.0 Å². The number of hydrogen-bond donors (Lipinski definition) is 11. The van der Waals surface area contributed by atoms with Crippen LogP contribution in [-0.4, -0.2) is 176 Å². The number of esters is 2. The van der Waals surface area contributed by atoms with E-state index >= 15 is 0 Å². The number of unbranched alkanes of at least 4 members (excludes halogenated alkanes) is 24. The molecule has 84 heavy (non-hydrogen) atoms. The molecule has 14 N–H and O–H groups in total. The molecule has 3 unspecified atom stereocenters. The maximum atomic E-state index is 14.2. The van der Waals surface area contributed by atoms with Crippen molar-refractivity contribution < 1.29 is 87.5 Å². The highest BCUT2D eigenvalue weighted by atomic mass is 31.1. The maximum absolute atomic E-state index is 14.2. The highest BCUT2D eigenvalue weighted by Crippen LogP contribution is 2.26. The van der Waals surface area contributed by atoms with Crippen LogP contribution in [0, 0.1) is 0 Å². The van der Waals surface area contributed by atoms with Crippen LogP contribution in [-0.2, 0) is 57.0 Å². The summed E-state index contributed by atoms with van der Waals surface area (Å²) in [5.74, 6) is -6.49. The van der Waals surface area contributed by atoms with E-state index in [-0.39, 0.29) is 12.8 Å². The van der Waals surface area contributed by atoms with Crippen molar-refractivity contribution in [1.29, 1.82) is 0 Å². The lowest BCUT2D eigenvalue weighted by Crippen LogP contribution is -2.66. The molecule has 0 aromatic heterocycles. The van der Waals surface area contributed by atoms with E-state index < -0.39 is 150 Å². The number of ether oxygens (including phenoxy) is 4. The van der Waals surface area contributed by atoms with E-state index in [4.69, 9.17) is 41.0 Å². The average molecular weight is 1230 g/mol. The van der Waals surface area contributed by atoms with E-state index in [0.29, 0.717) is 26.0 Å². The SMILES string of the molecule is CCCCCCCCCCCCCCCC(=O)OC([C@H](CO)OC(=O)CCCCCCCCCCCCCCC)[C@@](C)(N)C(=O)N[C@H](CCC(=O)N(CC(C)O[C@H]1[C@H](O)[C@@H](CO)O[C@H](O)[C@@H]1NC(C)=O)[C@@H](C)C(=O)O)C(N)=O.NCCO[PH2+]O. The zero-order valence-electron chi connectivity index (χ0n) is 51.9. The number of carboxylic acids is 1. The molecular formula is C59H114N6O18P+. The Morgan fingerprint density at radius 1 is 0.714 bits per heavy atom. The minimum atomic E-state index is -2.27. The Morgan fingerprint density at radius 3 is 1.55 bits per heavy atom. The van der Waals surface area contributed by atoms with Crippen LogP contribution in [0.5, 0.6) is 0 Å². The topological polar surface area (TPSA) is 392 Å². The van der Waals surface area contributed by atoms with Gasteiger partial charge in [0.2, 0.25) is 32.7 Å². The summed E-state index contributed by atoms with van der Waals surface area (Å²) >= 11 is 0. The first-order valence-electron chi connectivity index (χ1n) is 31.3. The van der Waals surface area contributed by atoms with Gasteiger partial charge in [0.25, 0.3) is 0 Å². The van der Waals surface area contributed by atoms with Gasteiger partial charge in [0.1, 0.15) is 48.6 Å². The zero-order valence-corrected chi connectivity index (χ0v) is 53.0. The number of nitrogens with two attached hydrogens (primary N) is 3. The number of nitrogens with zero attached hydrogens (tertiary/aromatic N) is 1. The van der Waals surface area contributed by atoms with Crippen LogP contribution in [0.15, 0.2) is 0 Å². The molecule has 1 aliphatic heterocycles. The van der Waals surface area contributed by atoms with Crippen LogP contribution in [0.25, 0.3) is 0 Å². The average Bonchev–Trinajstić information content (AvgIpc) is 3.00. The van der Waals surface area contributed by atoms with E-state index in [1.807, 2.05) is 0 Å². The Balaban J connectivity index is 0.0000108. The molecule has 0 aromatic rings. The summed E-state index contributed by atoms with van der Waals surface area (Å²) in [5.41, 5.74) is 15.1. The smallest absolute Gasteiger partial charge is 0.326 e. The molecule has 0 bridgehead atoms. The lowest BCUT2D eigenvalue weighted by molar-refractivity contribution is -0.268. The largest absolute Gasteiger partial charge is 0.480 e. The molecule has 12 atom stereocenters. The Labute approximate surface area is 502 Å². The molecule has 25 heteroatoms. The van der Waals surface area contributed by atoms with E-state index in [1.54, 1.807) is 0 Å². The number of aliphatic carboxylic acids is 1. The number of nitrogens with one attached hydrogen (secondary N) is 2. The molecule has 0 spiro atoms. The second kappa shape index (κ2) is 49.3. The van der Waals surface area contributed by atoms with Crippen molar-refractivity contribution in [3.05, 3.63) is 0 Å². The maximum Gasteiger partial charge on any atom is 0.326 e. The second-order valence-electron chi connectivity index (χ2n) is 22.6. The fourth-order valence-electron chi connectivity index (χ4n) is 9.87. The van der Waals surface area contributed by atoms with Crippen molar-refractivity contribution >= 4 is 50.6 Å². The first-order chi connectivity index (χ1) is 40.1. The van der Waals surface area contributed by atoms with E-state index in [9.17, 15) is 59.1 Å². The van der Waals surface area contributed by atoms with Gasteiger partial charge in [-0.3, -0.25) is 28.8 Å². The number of hydrogen-bond acceptors (Lipinski definition) is 19. The molecule has 1 rings (SSSR count). The highest BCUT2D eigenvalue weighted by Gasteiger charge is 2.49. The molecule has 492 valence electrons. The molecule has 4 amide bonds. The third-order valence-electron chi connectivity index (χ3n) is 14.9. The summed E-state index contributed by atoms with van der Waals surface area (Å²) in [5, 5.41) is 56.6. The van der Waals surface area contributed by atoms with Gasteiger partial charge >= 0.3 is 17.9 Å². The van der Waals surface area contributed by atoms with Gasteiger partial charge in [0.05, 0.1) is 19.3 Å². The summed E-state index contributed by atoms with van der Waals surface area (Å²) in [7, 11) is -0.796. The number of carbonyl (C=O) groups is 7. The number of rotatable bonds is 50. The fourth-order valence-corrected chi connectivity index (χ4v) is 10.1. The van der Waals surface area contributed by atoms with Gasteiger partial charge in [-0.25, -0.2) is 14.2 Å². The van der Waals surface area contributed by atoms with Crippen LogP contribution < -0.4 is 27.8 Å². The van der Waals surface area contributed by atoms with Gasteiger partial charge in [0.15, 0.2) is 18.5 Å². The van der Waals surface area contributed by atoms with Gasteiger partial charge in [-0.15, -0.1) is 0 Å². The van der Waals surface area contributed by atoms with E-state index in [2.05, 4.69) is 29.0 Å². The monoisotopic (exact) mass is 1230 g/mol. The van der Waals surface area contributed by atoms with Crippen molar-refractivity contribution in [3.8, 4) is 0 Å². The molecule has 0 aliphatic carbocycles. The van der Waals surface area contributed by atoms with E-state index in [0.717, 1.165) is 69.6 Å². The Morgan fingerprint density at radius 2 is 1.17 bits per heavy atom. The van der Waals surface area contributed by atoms with Gasteiger partial charge in [-0.2, -0.15) is 0 Å². The van der Waals surface area contributed by atoms with Crippen molar-refractivity contribution in [2.45, 2.75) is 301 Å². The minimum Gasteiger partial charge on any atom is -0.480 e. The summed E-state index contributed by atoms with van der Waals surface area (Å²) in [6, 6.07) is -4.39. The normalized spacial score (nSPS) is 19.4. The molecular weight excluding hydrogens is 1110 g/mol. The first-order valence-corrected chi connectivity index (χ1v) is 32.3. The fraction of sp³-hybridized carbons (Fsp3) is 0.881. The zero-order chi connectivity index (χ0) is 63.3. The number of carboxylic acid groups (broad SMARTS) is 1. The lowest BCUT2D eigenvalue weighted by Gasteiger charge is -2.43. The Hall–Kier alpha value is -3.68. The second-order valence-corrected chi connectivity index (χ2v) is 23.1. The Bertz CT molecular complexity index is 1790. The lowest BCUT2D eigenvalue weighted by atomic mass is 9.89. The van der Waals surface area contributed by atoms with Crippen LogP contribution >= 0.6 is 9.03 Å². The molecule has 1 aliphatic rings. The van der Waals surface area contributed by atoms with Crippen molar-refractivity contribution in [2.24, 2.45) is 17.2 Å². The molecule has 1 saturated heterocycles. The molecule has 0 saturated carbocycles. The van der Waals surface area contributed by atoms with Crippen molar-refractivity contribution in [3.63, 3.8) is 0 Å². The summed E-state index contributed by atoms with van der Waals surface area (Å²) in [4.78, 5) is 101. The molecule has 0 radical (unpaired) electrons. The number of aliphatic hydroxyl groups excluding tert-OH is 4. The minimum absolute atomic E-state index is 0.00392. The van der Waals surface area contributed by atoms with Crippen LogP contribution in [0.1, 0.15) is 234 Å². The standard InChI is InChI=1S/C57H105N5O16.C2H9NO2P/c1-7-9-11-13-15-17-19-21-23-25-27-29-31-33-47(67)76-45(39-64)52(78-48(68)34-32-30-28-26-24-22-20-18-16-14-12-10-8-2)57(6,59)56(74)61-43(53(58)70)35-36-46(66)62(41(4)54(71)72)37-40(3)75-51-49(60-42(5)65)55(73)77-44(38-63)50(51)69;3-1-2-5-6-4/h40-41,43-45,49-52,55,63-64,69,73H,7-39,59H2,1-6H3,(H2,58,70)(H,60,65)(H,61,74)(H,71,72);4H,1-3,6H2/q;+1/t40?,41-,43+,44+,45-,49+,50+,51+,52?,55-,57+;/m0./s1. The van der Waals surface area contributed by atoms with Crippen molar-refractivity contribution in [2.75, 3.05) is 32.9 Å². The molecule has 24 nitrogen and oxygen atoms in total. The third-order valence-corrected chi connectivity index (χ3v) is 15.3. The number of aliphatic hydroxyl groups is 4. The Kier molecular flexibility index (Phi) is 47.2. The number of amides is 4. The molecule has 0 aromatic carbocycles. The van der Waals surface area contributed by atoms with Crippen LogP contribution in [0.4, 0.5) is 0 Å². The third kappa shape index (κ3) is 35.8. The highest BCUT2D eigenvalue weighted by molar-refractivity contribution is 7.24. The van der Waals surface area contributed by atoms with Crippen LogP contribution in [0.3, 0.4) is 0 Å². The van der Waals surface area contributed by atoms with E-state index in [1.165, 1.54) is 117 Å². The summed E-state index contributed by atoms with van der Waals surface area (Å²) in [6.07, 6.45) is 17.1. The van der Waals surface area contributed by atoms with Crippen molar-refractivity contribution in [1.82, 2.24) is 15.5 Å². The quantitative estimate of drug-likeness (QED) is 0.0215. The van der Waals surface area contributed by atoms with Gasteiger partial charge < -0.3 is 77.2 Å². The van der Waals surface area contributed by atoms with Crippen LogP contribution in [0.2, 0.25) is 0 Å². The molecule has 1 heterocycles. The predicted molar refractivity (Wildman–Crippen MR) is 322 cm³/mol. The van der Waals surface area contributed by atoms with Gasteiger partial charge in [-0.1, -0.05) is 168 Å². The summed E-state index contributed by atoms with van der Waals surface area (Å²) in [6.45, 7) is 8.37. The first kappa shape index (κ1) is 80.3. The van der Waals surface area contributed by atoms with Gasteiger partial charge in [0, 0.05) is 39.3 Å².